The van der Waals surface area contributed by atoms with Crippen LogP contribution in [0.25, 0.3) is 0 Å². The minimum atomic E-state index is 0.267. The molecular formula is C12H20N3O+. The van der Waals surface area contributed by atoms with Gasteiger partial charge >= 0.3 is 5.96 Å². The molecule has 5 N–H and O–H groups in total. The zero-order chi connectivity index (χ0) is 11.8. The van der Waals surface area contributed by atoms with Gasteiger partial charge in [0.1, 0.15) is 5.75 Å². The number of hydrogen-bond acceptors (Lipinski definition) is 1. The molecule has 4 heteroatoms. The molecule has 4 nitrogen and oxygen atoms in total. The van der Waals surface area contributed by atoms with Crippen molar-refractivity contribution in [2.75, 3.05) is 13.2 Å². The van der Waals surface area contributed by atoms with Gasteiger partial charge in [0.25, 0.3) is 0 Å². The average molecular weight is 222 g/mol. The molecule has 0 unspecified atom stereocenters. The molecule has 1 rings (SSSR count). The zero-order valence-electron chi connectivity index (χ0n) is 9.70. The predicted octanol–water partition coefficient (Wildman–Crippen LogP) is -0.628. The highest BCUT2D eigenvalue weighted by molar-refractivity contribution is 5.69. The Morgan fingerprint density at radius 3 is 2.50 bits per heavy atom. The van der Waals surface area contributed by atoms with Crippen molar-refractivity contribution < 1.29 is 9.73 Å². The molecule has 0 atom stereocenters. The molecule has 0 heterocycles. The van der Waals surface area contributed by atoms with E-state index in [1.54, 1.807) is 0 Å². The van der Waals surface area contributed by atoms with Gasteiger partial charge in [-0.2, -0.15) is 0 Å². The third-order valence-corrected chi connectivity index (χ3v) is 2.14. The van der Waals surface area contributed by atoms with Crippen LogP contribution in [-0.4, -0.2) is 19.1 Å². The van der Waals surface area contributed by atoms with Crippen molar-refractivity contribution in [2.45, 2.75) is 19.8 Å². The molecule has 0 aliphatic heterocycles. The standard InChI is InChI=1S/C12H19N3O/c1-2-9-16-11-5-3-10(4-6-11)7-8-15-12(13)14/h3-6H,2,7-9H2,1H3,(H4,13,14,15)/p+1. The fourth-order valence-corrected chi connectivity index (χ4v) is 1.32. The van der Waals surface area contributed by atoms with E-state index in [9.17, 15) is 0 Å². The van der Waals surface area contributed by atoms with E-state index in [0.717, 1.165) is 31.7 Å². The normalized spacial score (nSPS) is 9.81. The number of ether oxygens (including phenoxy) is 1. The molecule has 0 spiro atoms. The van der Waals surface area contributed by atoms with Crippen LogP contribution in [0, 0.1) is 0 Å². The Bertz CT molecular complexity index is 329. The molecule has 1 aromatic carbocycles. The summed E-state index contributed by atoms with van der Waals surface area (Å²) in [4.78, 5) is 2.88. The molecule has 0 saturated heterocycles. The van der Waals surface area contributed by atoms with E-state index >= 15 is 0 Å². The van der Waals surface area contributed by atoms with Crippen LogP contribution in [0.3, 0.4) is 0 Å². The molecule has 88 valence electrons. The summed E-state index contributed by atoms with van der Waals surface area (Å²) in [5.41, 5.74) is 11.8. The number of rotatable bonds is 6. The van der Waals surface area contributed by atoms with E-state index in [4.69, 9.17) is 16.2 Å². The van der Waals surface area contributed by atoms with E-state index in [1.807, 2.05) is 12.1 Å². The van der Waals surface area contributed by atoms with Gasteiger partial charge in [0.05, 0.1) is 13.2 Å². The van der Waals surface area contributed by atoms with Crippen LogP contribution >= 0.6 is 0 Å². The molecular weight excluding hydrogens is 202 g/mol. The van der Waals surface area contributed by atoms with Gasteiger partial charge in [-0.25, -0.2) is 0 Å². The van der Waals surface area contributed by atoms with Gasteiger partial charge in [-0.1, -0.05) is 19.1 Å². The Balaban J connectivity index is 2.42. The number of benzene rings is 1. The number of nitrogens with two attached hydrogens (primary N) is 2. The van der Waals surface area contributed by atoms with Crippen molar-refractivity contribution in [3.8, 4) is 5.75 Å². The van der Waals surface area contributed by atoms with Crippen molar-refractivity contribution >= 4 is 5.96 Å². The summed E-state index contributed by atoms with van der Waals surface area (Å²) < 4.78 is 5.49. The van der Waals surface area contributed by atoms with Gasteiger partial charge in [0, 0.05) is 6.42 Å². The molecule has 16 heavy (non-hydrogen) atoms. The molecule has 0 aliphatic carbocycles. The maximum atomic E-state index is 5.49. The zero-order valence-corrected chi connectivity index (χ0v) is 9.70. The van der Waals surface area contributed by atoms with Gasteiger partial charge in [0.15, 0.2) is 0 Å². The fraction of sp³-hybridized carbons (Fsp3) is 0.417. The predicted molar refractivity (Wildman–Crippen MR) is 65.1 cm³/mol. The van der Waals surface area contributed by atoms with Crippen molar-refractivity contribution in [3.05, 3.63) is 29.8 Å². The minimum Gasteiger partial charge on any atom is -0.494 e. The van der Waals surface area contributed by atoms with Crippen LogP contribution in [0.15, 0.2) is 24.3 Å². The van der Waals surface area contributed by atoms with Crippen molar-refractivity contribution in [2.24, 2.45) is 11.5 Å². The smallest absolute Gasteiger partial charge is 0.338 e. The quantitative estimate of drug-likeness (QED) is 0.443. The molecule has 0 radical (unpaired) electrons. The second-order valence-corrected chi connectivity index (χ2v) is 3.62. The van der Waals surface area contributed by atoms with Gasteiger partial charge < -0.3 is 4.74 Å². The maximum Gasteiger partial charge on any atom is 0.338 e. The second-order valence-electron chi connectivity index (χ2n) is 3.62. The molecule has 0 bridgehead atoms. The Morgan fingerprint density at radius 2 is 1.94 bits per heavy atom. The van der Waals surface area contributed by atoms with Crippen molar-refractivity contribution in [3.63, 3.8) is 0 Å². The lowest BCUT2D eigenvalue weighted by molar-refractivity contribution is -0.458. The second kappa shape index (κ2) is 6.71. The summed E-state index contributed by atoms with van der Waals surface area (Å²) in [5, 5.41) is 0. The lowest BCUT2D eigenvalue weighted by Crippen LogP contribution is -2.78. The first-order chi connectivity index (χ1) is 7.72. The Morgan fingerprint density at radius 1 is 1.25 bits per heavy atom. The number of hydrogen-bond donors (Lipinski definition) is 3. The van der Waals surface area contributed by atoms with E-state index in [-0.39, 0.29) is 5.96 Å². The van der Waals surface area contributed by atoms with E-state index in [2.05, 4.69) is 24.0 Å². The van der Waals surface area contributed by atoms with Gasteiger partial charge in [-0.3, -0.25) is 16.5 Å². The van der Waals surface area contributed by atoms with Gasteiger partial charge in [-0.15, -0.1) is 0 Å². The molecule has 0 aliphatic rings. The summed E-state index contributed by atoms with van der Waals surface area (Å²) in [6.07, 6.45) is 1.92. The lowest BCUT2D eigenvalue weighted by Gasteiger charge is -2.05. The van der Waals surface area contributed by atoms with E-state index in [1.165, 1.54) is 5.56 Å². The largest absolute Gasteiger partial charge is 0.494 e. The lowest BCUT2D eigenvalue weighted by atomic mass is 10.1. The minimum absolute atomic E-state index is 0.267. The van der Waals surface area contributed by atoms with Gasteiger partial charge in [0.2, 0.25) is 0 Å². The first-order valence-corrected chi connectivity index (χ1v) is 5.56. The van der Waals surface area contributed by atoms with Crippen molar-refractivity contribution in [1.82, 2.24) is 0 Å². The molecule has 0 saturated carbocycles. The first kappa shape index (κ1) is 12.4. The van der Waals surface area contributed by atoms with Crippen LogP contribution in [-0.2, 0) is 6.42 Å². The summed E-state index contributed by atoms with van der Waals surface area (Å²) in [5.74, 6) is 1.19. The highest BCUT2D eigenvalue weighted by Crippen LogP contribution is 2.12. The summed E-state index contributed by atoms with van der Waals surface area (Å²) >= 11 is 0. The average Bonchev–Trinajstić information content (AvgIpc) is 2.27. The third-order valence-electron chi connectivity index (χ3n) is 2.14. The molecule has 0 amide bonds. The maximum absolute atomic E-state index is 5.49. The topological polar surface area (TPSA) is 75.2 Å². The van der Waals surface area contributed by atoms with Gasteiger partial charge in [-0.05, 0) is 24.1 Å². The highest BCUT2D eigenvalue weighted by Gasteiger charge is 1.95. The van der Waals surface area contributed by atoms with E-state index in [0.29, 0.717) is 0 Å². The Hall–Kier alpha value is -1.71. The number of guanidine groups is 1. The van der Waals surface area contributed by atoms with Crippen LogP contribution in [0.2, 0.25) is 0 Å². The summed E-state index contributed by atoms with van der Waals surface area (Å²) in [6.45, 7) is 3.60. The van der Waals surface area contributed by atoms with E-state index < -0.39 is 0 Å². The number of nitrogens with one attached hydrogen (secondary N) is 1. The first-order valence-electron chi connectivity index (χ1n) is 5.56. The molecule has 0 fully saturated rings. The highest BCUT2D eigenvalue weighted by atomic mass is 16.5. The van der Waals surface area contributed by atoms with Crippen molar-refractivity contribution in [1.29, 1.82) is 0 Å². The summed E-state index contributed by atoms with van der Waals surface area (Å²) in [6, 6.07) is 8.08. The van der Waals surface area contributed by atoms with Crippen LogP contribution in [0.1, 0.15) is 18.9 Å². The fourth-order valence-electron chi connectivity index (χ4n) is 1.32. The third kappa shape index (κ3) is 4.68. The molecule has 0 aromatic heterocycles. The monoisotopic (exact) mass is 222 g/mol. The SMILES string of the molecule is CCCOc1ccc(CC[NH+]=C(N)N)cc1. The Kier molecular flexibility index (Phi) is 5.19. The summed E-state index contributed by atoms with van der Waals surface area (Å²) in [7, 11) is 0. The van der Waals surface area contributed by atoms with Crippen LogP contribution < -0.4 is 21.2 Å². The van der Waals surface area contributed by atoms with Crippen LogP contribution in [0.5, 0.6) is 5.75 Å². The Labute approximate surface area is 96.3 Å². The molecule has 1 aromatic rings. The van der Waals surface area contributed by atoms with Crippen LogP contribution in [0.4, 0.5) is 0 Å².